The number of carbonyl (C=O) groups excluding carboxylic acids is 2. The highest BCUT2D eigenvalue weighted by Crippen LogP contribution is 2.25. The molecule has 0 spiro atoms. The smallest absolute Gasteiger partial charge is 0.328 e. The number of amides is 1. The van der Waals surface area contributed by atoms with E-state index in [0.29, 0.717) is 5.56 Å². The Kier molecular flexibility index (Phi) is 4.45. The van der Waals surface area contributed by atoms with Gasteiger partial charge in [0.15, 0.2) is 0 Å². The number of hydrogen-bond donors (Lipinski definition) is 1. The fourth-order valence-corrected chi connectivity index (χ4v) is 2.76. The molecule has 0 aliphatic carbocycles. The fraction of sp³-hybridized carbons (Fsp3) is 0.429. The second-order valence-electron chi connectivity index (χ2n) is 4.80. The van der Waals surface area contributed by atoms with Crippen molar-refractivity contribution in [3.63, 3.8) is 0 Å². The largest absolute Gasteiger partial charge is 0.467 e. The lowest BCUT2D eigenvalue weighted by Crippen LogP contribution is -2.41. The van der Waals surface area contributed by atoms with Crippen LogP contribution in [0.4, 0.5) is 0 Å². The van der Waals surface area contributed by atoms with E-state index in [0.717, 1.165) is 10.0 Å². The number of ether oxygens (including phenoxy) is 1. The van der Waals surface area contributed by atoms with Crippen molar-refractivity contribution in [2.75, 3.05) is 13.7 Å². The van der Waals surface area contributed by atoms with Gasteiger partial charge in [0.1, 0.15) is 6.04 Å². The monoisotopic (exact) mass is 341 g/mol. The van der Waals surface area contributed by atoms with Crippen molar-refractivity contribution in [2.45, 2.75) is 25.5 Å². The number of nitrogens with zero attached hydrogens (tertiary/aromatic N) is 1. The van der Waals surface area contributed by atoms with Gasteiger partial charge in [-0.2, -0.15) is 0 Å². The van der Waals surface area contributed by atoms with Gasteiger partial charge < -0.3 is 14.7 Å². The number of benzene rings is 1. The van der Waals surface area contributed by atoms with E-state index in [-0.39, 0.29) is 18.9 Å². The first-order chi connectivity index (χ1) is 9.45. The summed E-state index contributed by atoms with van der Waals surface area (Å²) in [6.45, 7) is 1.97. The second kappa shape index (κ2) is 5.93. The maximum absolute atomic E-state index is 12.6. The van der Waals surface area contributed by atoms with E-state index in [4.69, 9.17) is 4.74 Å². The molecule has 1 N–H and O–H groups in total. The third-order valence-corrected chi connectivity index (χ3v) is 4.37. The number of esters is 1. The fourth-order valence-electron chi connectivity index (χ4n) is 2.39. The molecule has 108 valence electrons. The van der Waals surface area contributed by atoms with Gasteiger partial charge in [0.05, 0.1) is 13.2 Å². The van der Waals surface area contributed by atoms with Crippen LogP contribution in [0, 0.1) is 6.92 Å². The number of aliphatic hydroxyl groups is 1. The van der Waals surface area contributed by atoms with Crippen LogP contribution in [-0.2, 0) is 9.53 Å². The SMILES string of the molecule is COC(=O)C1CC(O)CN1C(=O)c1cccc(Br)c1C. The summed E-state index contributed by atoms with van der Waals surface area (Å²) in [5.41, 5.74) is 1.32. The molecule has 0 saturated carbocycles. The van der Waals surface area contributed by atoms with Crippen LogP contribution < -0.4 is 0 Å². The highest BCUT2D eigenvalue weighted by Gasteiger charge is 2.40. The average molecular weight is 342 g/mol. The average Bonchev–Trinajstić information content (AvgIpc) is 2.82. The molecule has 1 saturated heterocycles. The number of methoxy groups -OCH3 is 1. The molecule has 0 bridgehead atoms. The van der Waals surface area contributed by atoms with Crippen molar-refractivity contribution in [1.82, 2.24) is 4.90 Å². The van der Waals surface area contributed by atoms with Crippen LogP contribution in [0.1, 0.15) is 22.3 Å². The molecule has 1 fully saturated rings. The van der Waals surface area contributed by atoms with E-state index >= 15 is 0 Å². The van der Waals surface area contributed by atoms with Gasteiger partial charge >= 0.3 is 5.97 Å². The standard InChI is InChI=1S/C14H16BrNO4/c1-8-10(4-3-5-11(8)15)13(18)16-7-9(17)6-12(16)14(19)20-2/h3-5,9,12,17H,6-7H2,1-2H3. The first-order valence-electron chi connectivity index (χ1n) is 6.27. The zero-order valence-electron chi connectivity index (χ0n) is 11.3. The molecule has 1 aromatic carbocycles. The van der Waals surface area contributed by atoms with Gasteiger partial charge in [-0.05, 0) is 24.6 Å². The van der Waals surface area contributed by atoms with Crippen molar-refractivity contribution in [1.29, 1.82) is 0 Å². The van der Waals surface area contributed by atoms with Gasteiger partial charge in [0.25, 0.3) is 5.91 Å². The van der Waals surface area contributed by atoms with Gasteiger partial charge in [-0.15, -0.1) is 0 Å². The molecule has 0 aromatic heterocycles. The topological polar surface area (TPSA) is 66.8 Å². The Bertz CT molecular complexity index is 546. The van der Waals surface area contributed by atoms with Crippen molar-refractivity contribution in [2.24, 2.45) is 0 Å². The molecule has 6 heteroatoms. The summed E-state index contributed by atoms with van der Waals surface area (Å²) in [5.74, 6) is -0.765. The number of carbonyl (C=O) groups is 2. The maximum Gasteiger partial charge on any atom is 0.328 e. The number of hydrogen-bond acceptors (Lipinski definition) is 4. The Balaban J connectivity index is 2.31. The Labute approximate surface area is 125 Å². The molecule has 1 amide bonds. The summed E-state index contributed by atoms with van der Waals surface area (Å²) in [6, 6.07) is 4.61. The number of rotatable bonds is 2. The van der Waals surface area contributed by atoms with Gasteiger partial charge in [-0.3, -0.25) is 4.79 Å². The van der Waals surface area contributed by atoms with E-state index in [2.05, 4.69) is 15.9 Å². The summed E-state index contributed by atoms with van der Waals surface area (Å²) >= 11 is 3.38. The summed E-state index contributed by atoms with van der Waals surface area (Å²) < 4.78 is 5.53. The van der Waals surface area contributed by atoms with Crippen LogP contribution in [0.5, 0.6) is 0 Å². The minimum absolute atomic E-state index is 0.143. The first kappa shape index (κ1) is 15.0. The molecule has 1 heterocycles. The maximum atomic E-state index is 12.6. The summed E-state index contributed by atoms with van der Waals surface area (Å²) in [5, 5.41) is 9.72. The highest BCUT2D eigenvalue weighted by atomic mass is 79.9. The van der Waals surface area contributed by atoms with Crippen LogP contribution in [0.2, 0.25) is 0 Å². The van der Waals surface area contributed by atoms with Crippen LogP contribution >= 0.6 is 15.9 Å². The van der Waals surface area contributed by atoms with Gasteiger partial charge in [0.2, 0.25) is 0 Å². The van der Waals surface area contributed by atoms with Gasteiger partial charge in [-0.1, -0.05) is 22.0 Å². The zero-order chi connectivity index (χ0) is 14.9. The van der Waals surface area contributed by atoms with Crippen molar-refractivity contribution in [3.8, 4) is 0 Å². The quantitative estimate of drug-likeness (QED) is 0.828. The van der Waals surface area contributed by atoms with E-state index in [1.165, 1.54) is 12.0 Å². The van der Waals surface area contributed by atoms with E-state index in [1.54, 1.807) is 12.1 Å². The molecule has 2 atom stereocenters. The minimum atomic E-state index is -0.721. The minimum Gasteiger partial charge on any atom is -0.467 e. The number of β-amino-alcohol motifs (C(OH)–C–C–N with tert-alkyl or cyclic N) is 1. The molecule has 5 nitrogen and oxygen atoms in total. The number of aliphatic hydroxyl groups excluding tert-OH is 1. The Morgan fingerprint density at radius 3 is 2.80 bits per heavy atom. The van der Waals surface area contributed by atoms with Crippen LogP contribution in [0.25, 0.3) is 0 Å². The number of likely N-dealkylation sites (tertiary alicyclic amines) is 1. The lowest BCUT2D eigenvalue weighted by molar-refractivity contribution is -0.145. The zero-order valence-corrected chi connectivity index (χ0v) is 12.9. The molecule has 1 aliphatic rings. The van der Waals surface area contributed by atoms with Crippen LogP contribution in [-0.4, -0.2) is 47.7 Å². The van der Waals surface area contributed by atoms with Gasteiger partial charge in [0, 0.05) is 23.0 Å². The molecule has 2 rings (SSSR count). The third-order valence-electron chi connectivity index (χ3n) is 3.51. The molecule has 1 aromatic rings. The lowest BCUT2D eigenvalue weighted by atomic mass is 10.1. The van der Waals surface area contributed by atoms with E-state index < -0.39 is 18.1 Å². The predicted octanol–water partition coefficient (Wildman–Crippen LogP) is 1.51. The second-order valence-corrected chi connectivity index (χ2v) is 5.65. The van der Waals surface area contributed by atoms with Crippen LogP contribution in [0.15, 0.2) is 22.7 Å². The summed E-state index contributed by atoms with van der Waals surface area (Å²) in [7, 11) is 1.28. The van der Waals surface area contributed by atoms with E-state index in [1.807, 2.05) is 13.0 Å². The van der Waals surface area contributed by atoms with Crippen molar-refractivity contribution in [3.05, 3.63) is 33.8 Å². The van der Waals surface area contributed by atoms with Crippen LogP contribution in [0.3, 0.4) is 0 Å². The summed E-state index contributed by atoms with van der Waals surface area (Å²) in [4.78, 5) is 25.7. The number of halogens is 1. The highest BCUT2D eigenvalue weighted by molar-refractivity contribution is 9.10. The van der Waals surface area contributed by atoms with Crippen molar-refractivity contribution >= 4 is 27.8 Å². The Morgan fingerprint density at radius 1 is 1.45 bits per heavy atom. The predicted molar refractivity (Wildman–Crippen MR) is 76.3 cm³/mol. The normalized spacial score (nSPS) is 21.9. The van der Waals surface area contributed by atoms with Crippen molar-refractivity contribution < 1.29 is 19.4 Å². The van der Waals surface area contributed by atoms with E-state index in [9.17, 15) is 14.7 Å². The molecule has 2 unspecified atom stereocenters. The first-order valence-corrected chi connectivity index (χ1v) is 7.07. The Hall–Kier alpha value is -1.40. The third kappa shape index (κ3) is 2.71. The molecule has 20 heavy (non-hydrogen) atoms. The summed E-state index contributed by atoms with van der Waals surface area (Å²) in [6.07, 6.45) is -0.485. The molecule has 1 aliphatic heterocycles. The van der Waals surface area contributed by atoms with Gasteiger partial charge in [-0.25, -0.2) is 4.79 Å². The lowest BCUT2D eigenvalue weighted by Gasteiger charge is -2.23. The molecular formula is C14H16BrNO4. The Morgan fingerprint density at radius 2 is 2.15 bits per heavy atom. The molecule has 0 radical (unpaired) electrons. The molecular weight excluding hydrogens is 326 g/mol.